The molecule has 1 rings (SSSR count). The summed E-state index contributed by atoms with van der Waals surface area (Å²) in [6.07, 6.45) is 2.36. The van der Waals surface area contributed by atoms with Crippen molar-refractivity contribution in [2.45, 2.75) is 32.6 Å². The molecule has 0 radical (unpaired) electrons. The molecule has 1 fully saturated rings. The van der Waals surface area contributed by atoms with E-state index in [1.54, 1.807) is 4.90 Å². The number of amides is 1. The van der Waals surface area contributed by atoms with Crippen LogP contribution in [-0.4, -0.2) is 48.2 Å². The van der Waals surface area contributed by atoms with Crippen molar-refractivity contribution in [3.63, 3.8) is 0 Å². The summed E-state index contributed by atoms with van der Waals surface area (Å²) in [6, 6.07) is 0. The third-order valence-electron chi connectivity index (χ3n) is 3.00. The Hall–Kier alpha value is -1.10. The Morgan fingerprint density at radius 1 is 1.47 bits per heavy atom. The highest BCUT2D eigenvalue weighted by atomic mass is 16.5. The van der Waals surface area contributed by atoms with Crippen molar-refractivity contribution in [2.24, 2.45) is 5.92 Å². The Morgan fingerprint density at radius 3 is 2.88 bits per heavy atom. The standard InChI is InChI=1S/C12H21NO4/c1-2-17-7-5-11(14)13-6-3-4-10(9-13)8-12(15)16/h10H,2-9H2,1H3,(H,15,16). The van der Waals surface area contributed by atoms with Crippen molar-refractivity contribution < 1.29 is 19.4 Å². The predicted octanol–water partition coefficient (Wildman–Crippen LogP) is 1.13. The van der Waals surface area contributed by atoms with Crippen LogP contribution in [0.1, 0.15) is 32.6 Å². The van der Waals surface area contributed by atoms with Crippen LogP contribution >= 0.6 is 0 Å². The number of ether oxygens (including phenoxy) is 1. The second-order valence-electron chi connectivity index (χ2n) is 4.39. The van der Waals surface area contributed by atoms with E-state index in [-0.39, 0.29) is 18.2 Å². The van der Waals surface area contributed by atoms with Gasteiger partial charge in [0.2, 0.25) is 5.91 Å². The lowest BCUT2D eigenvalue weighted by Gasteiger charge is -2.32. The van der Waals surface area contributed by atoms with Gasteiger partial charge in [-0.2, -0.15) is 0 Å². The first-order valence-corrected chi connectivity index (χ1v) is 6.20. The number of piperidine rings is 1. The quantitative estimate of drug-likeness (QED) is 0.710. The zero-order chi connectivity index (χ0) is 12.7. The summed E-state index contributed by atoms with van der Waals surface area (Å²) in [4.78, 5) is 24.2. The van der Waals surface area contributed by atoms with Crippen LogP contribution < -0.4 is 0 Å². The van der Waals surface area contributed by atoms with Gasteiger partial charge in [0.15, 0.2) is 0 Å². The second-order valence-corrected chi connectivity index (χ2v) is 4.39. The maximum atomic E-state index is 11.8. The largest absolute Gasteiger partial charge is 0.481 e. The number of hydrogen-bond acceptors (Lipinski definition) is 3. The first-order chi connectivity index (χ1) is 8.13. The minimum Gasteiger partial charge on any atom is -0.481 e. The molecule has 0 aromatic carbocycles. The maximum Gasteiger partial charge on any atom is 0.303 e. The molecule has 1 aliphatic heterocycles. The van der Waals surface area contributed by atoms with E-state index in [0.717, 1.165) is 19.4 Å². The molecule has 5 heteroatoms. The van der Waals surface area contributed by atoms with E-state index in [9.17, 15) is 9.59 Å². The van der Waals surface area contributed by atoms with Crippen LogP contribution in [0.3, 0.4) is 0 Å². The summed E-state index contributed by atoms with van der Waals surface area (Å²) in [5, 5.41) is 8.74. The SMILES string of the molecule is CCOCCC(=O)N1CCCC(CC(=O)O)C1. The zero-order valence-electron chi connectivity index (χ0n) is 10.4. The van der Waals surface area contributed by atoms with E-state index in [4.69, 9.17) is 9.84 Å². The van der Waals surface area contributed by atoms with Crippen molar-refractivity contribution in [1.29, 1.82) is 0 Å². The summed E-state index contributed by atoms with van der Waals surface area (Å²) in [7, 11) is 0. The molecule has 1 N–H and O–H groups in total. The number of carbonyl (C=O) groups is 2. The molecule has 1 amide bonds. The van der Waals surface area contributed by atoms with Crippen LogP contribution in [0, 0.1) is 5.92 Å². The third-order valence-corrected chi connectivity index (χ3v) is 3.00. The van der Waals surface area contributed by atoms with Gasteiger partial charge in [-0.1, -0.05) is 0 Å². The van der Waals surface area contributed by atoms with Crippen molar-refractivity contribution in [3.05, 3.63) is 0 Å². The average molecular weight is 243 g/mol. The molecular formula is C12H21NO4. The normalized spacial score (nSPS) is 20.3. The fourth-order valence-electron chi connectivity index (χ4n) is 2.17. The molecule has 1 heterocycles. The Balaban J connectivity index is 2.32. The van der Waals surface area contributed by atoms with Crippen LogP contribution in [0.15, 0.2) is 0 Å². The zero-order valence-corrected chi connectivity index (χ0v) is 10.4. The smallest absolute Gasteiger partial charge is 0.303 e. The van der Waals surface area contributed by atoms with Gasteiger partial charge in [0.1, 0.15) is 0 Å². The highest BCUT2D eigenvalue weighted by Crippen LogP contribution is 2.20. The van der Waals surface area contributed by atoms with Crippen molar-refractivity contribution >= 4 is 11.9 Å². The summed E-state index contributed by atoms with van der Waals surface area (Å²) >= 11 is 0. The van der Waals surface area contributed by atoms with Gasteiger partial charge in [-0.05, 0) is 25.7 Å². The number of likely N-dealkylation sites (tertiary alicyclic amines) is 1. The Morgan fingerprint density at radius 2 is 2.24 bits per heavy atom. The van der Waals surface area contributed by atoms with E-state index in [1.807, 2.05) is 6.92 Å². The minimum atomic E-state index is -0.779. The van der Waals surface area contributed by atoms with Gasteiger partial charge in [0.25, 0.3) is 0 Å². The number of aliphatic carboxylic acids is 1. The lowest BCUT2D eigenvalue weighted by molar-refractivity contribution is -0.141. The molecule has 0 bridgehead atoms. The van der Waals surface area contributed by atoms with Crippen LogP contribution in [-0.2, 0) is 14.3 Å². The van der Waals surface area contributed by atoms with Gasteiger partial charge in [0.05, 0.1) is 13.0 Å². The lowest BCUT2D eigenvalue weighted by atomic mass is 9.95. The van der Waals surface area contributed by atoms with Crippen LogP contribution in [0.2, 0.25) is 0 Å². The first kappa shape index (κ1) is 14.0. The second kappa shape index (κ2) is 7.27. The average Bonchev–Trinajstić information content (AvgIpc) is 2.28. The fraction of sp³-hybridized carbons (Fsp3) is 0.833. The summed E-state index contributed by atoms with van der Waals surface area (Å²) in [5.74, 6) is -0.593. The molecule has 0 aromatic rings. The Kier molecular flexibility index (Phi) is 5.97. The monoisotopic (exact) mass is 243 g/mol. The first-order valence-electron chi connectivity index (χ1n) is 6.20. The topological polar surface area (TPSA) is 66.8 Å². The molecule has 1 atom stereocenters. The molecule has 1 unspecified atom stereocenters. The third kappa shape index (κ3) is 5.17. The molecule has 0 spiro atoms. The molecule has 1 aliphatic rings. The van der Waals surface area contributed by atoms with E-state index in [2.05, 4.69) is 0 Å². The molecule has 1 saturated heterocycles. The molecule has 0 saturated carbocycles. The minimum absolute atomic E-state index is 0.0774. The Labute approximate surface area is 102 Å². The van der Waals surface area contributed by atoms with Gasteiger partial charge in [-0.3, -0.25) is 9.59 Å². The highest BCUT2D eigenvalue weighted by Gasteiger charge is 2.24. The van der Waals surface area contributed by atoms with Gasteiger partial charge in [-0.25, -0.2) is 0 Å². The molecule has 17 heavy (non-hydrogen) atoms. The predicted molar refractivity (Wildman–Crippen MR) is 62.7 cm³/mol. The summed E-state index contributed by atoms with van der Waals surface area (Å²) in [5.41, 5.74) is 0. The lowest BCUT2D eigenvalue weighted by Crippen LogP contribution is -2.40. The van der Waals surface area contributed by atoms with Crippen molar-refractivity contribution in [3.8, 4) is 0 Å². The van der Waals surface area contributed by atoms with Gasteiger partial charge in [-0.15, -0.1) is 0 Å². The van der Waals surface area contributed by atoms with E-state index in [0.29, 0.717) is 26.2 Å². The van der Waals surface area contributed by atoms with E-state index in [1.165, 1.54) is 0 Å². The van der Waals surface area contributed by atoms with Crippen molar-refractivity contribution in [2.75, 3.05) is 26.3 Å². The van der Waals surface area contributed by atoms with Crippen LogP contribution in [0.25, 0.3) is 0 Å². The van der Waals surface area contributed by atoms with Gasteiger partial charge >= 0.3 is 5.97 Å². The summed E-state index contributed by atoms with van der Waals surface area (Å²) < 4.78 is 5.14. The molecule has 0 aromatic heterocycles. The highest BCUT2D eigenvalue weighted by molar-refractivity contribution is 5.76. The number of carboxylic acid groups (broad SMARTS) is 1. The molecular weight excluding hydrogens is 222 g/mol. The molecule has 5 nitrogen and oxygen atoms in total. The van der Waals surface area contributed by atoms with E-state index >= 15 is 0 Å². The van der Waals surface area contributed by atoms with Gasteiger partial charge < -0.3 is 14.7 Å². The number of carbonyl (C=O) groups excluding carboxylic acids is 1. The van der Waals surface area contributed by atoms with Crippen LogP contribution in [0.4, 0.5) is 0 Å². The van der Waals surface area contributed by atoms with Crippen LogP contribution in [0.5, 0.6) is 0 Å². The van der Waals surface area contributed by atoms with Crippen molar-refractivity contribution in [1.82, 2.24) is 4.90 Å². The molecule has 0 aliphatic carbocycles. The maximum absolute atomic E-state index is 11.8. The fourth-order valence-corrected chi connectivity index (χ4v) is 2.17. The Bertz CT molecular complexity index is 267. The van der Waals surface area contributed by atoms with E-state index < -0.39 is 5.97 Å². The summed E-state index contributed by atoms with van der Waals surface area (Å²) in [6.45, 7) is 4.30. The number of nitrogens with zero attached hydrogens (tertiary/aromatic N) is 1. The van der Waals surface area contributed by atoms with Gasteiger partial charge in [0, 0.05) is 26.1 Å². The number of carboxylic acids is 1. The molecule has 98 valence electrons. The number of hydrogen-bond donors (Lipinski definition) is 1. The number of rotatable bonds is 6.